The van der Waals surface area contributed by atoms with Gasteiger partial charge in [0.15, 0.2) is 0 Å². The lowest BCUT2D eigenvalue weighted by atomic mass is 9.63. The Morgan fingerprint density at radius 3 is 2.38 bits per heavy atom. The molecule has 2 saturated carbocycles. The Bertz CT molecular complexity index is 650. The second-order valence-electron chi connectivity index (χ2n) is 9.36. The van der Waals surface area contributed by atoms with Crippen LogP contribution in [0.1, 0.15) is 94.2 Å². The number of benzene rings is 1. The standard InChI is InChI=1S/C24H34F2/c1-3-15-5-7-18-13-19(9-8-17(18)11-15)23-22(25)14-20-12-16(4-2)6-10-21(20)24(23)26/h14-19H,3-13H2,1-2H3. The van der Waals surface area contributed by atoms with Crippen LogP contribution in [0.5, 0.6) is 0 Å². The summed E-state index contributed by atoms with van der Waals surface area (Å²) in [6.45, 7) is 4.49. The molecule has 144 valence electrons. The van der Waals surface area contributed by atoms with Gasteiger partial charge in [-0.3, -0.25) is 0 Å². The number of rotatable bonds is 3. The molecule has 3 aliphatic carbocycles. The fourth-order valence-electron chi connectivity index (χ4n) is 6.28. The molecular weight excluding hydrogens is 326 g/mol. The van der Waals surface area contributed by atoms with Gasteiger partial charge < -0.3 is 0 Å². The third kappa shape index (κ3) is 3.34. The molecule has 2 fully saturated rings. The lowest BCUT2D eigenvalue weighted by molar-refractivity contribution is 0.114. The molecule has 0 saturated heterocycles. The molecule has 5 unspecified atom stereocenters. The fraction of sp³-hybridized carbons (Fsp3) is 0.750. The van der Waals surface area contributed by atoms with E-state index in [9.17, 15) is 4.39 Å². The van der Waals surface area contributed by atoms with Crippen molar-refractivity contribution in [2.24, 2.45) is 23.7 Å². The van der Waals surface area contributed by atoms with E-state index in [1.54, 1.807) is 6.07 Å². The number of hydrogen-bond donors (Lipinski definition) is 0. The van der Waals surface area contributed by atoms with E-state index in [1.807, 2.05) is 0 Å². The molecule has 5 atom stereocenters. The van der Waals surface area contributed by atoms with Gasteiger partial charge in [-0.15, -0.1) is 0 Å². The first-order valence-electron chi connectivity index (χ1n) is 11.1. The summed E-state index contributed by atoms with van der Waals surface area (Å²) in [6.07, 6.45) is 12.2. The largest absolute Gasteiger partial charge is 0.207 e. The molecule has 0 bridgehead atoms. The Morgan fingerprint density at radius 1 is 0.885 bits per heavy atom. The minimum atomic E-state index is -0.260. The Morgan fingerprint density at radius 2 is 1.62 bits per heavy atom. The van der Waals surface area contributed by atoms with Crippen LogP contribution in [0, 0.1) is 35.3 Å². The van der Waals surface area contributed by atoms with Gasteiger partial charge in [-0.2, -0.15) is 0 Å². The molecule has 26 heavy (non-hydrogen) atoms. The molecule has 0 radical (unpaired) electrons. The smallest absolute Gasteiger partial charge is 0.133 e. The monoisotopic (exact) mass is 360 g/mol. The molecule has 0 aliphatic heterocycles. The highest BCUT2D eigenvalue weighted by Gasteiger charge is 2.38. The molecule has 1 aromatic rings. The zero-order valence-electron chi connectivity index (χ0n) is 16.5. The zero-order valence-corrected chi connectivity index (χ0v) is 16.5. The van der Waals surface area contributed by atoms with Crippen LogP contribution in [-0.4, -0.2) is 0 Å². The average molecular weight is 361 g/mol. The van der Waals surface area contributed by atoms with Crippen molar-refractivity contribution in [1.29, 1.82) is 0 Å². The van der Waals surface area contributed by atoms with Crippen LogP contribution >= 0.6 is 0 Å². The summed E-state index contributed by atoms with van der Waals surface area (Å²) in [7, 11) is 0. The van der Waals surface area contributed by atoms with E-state index in [-0.39, 0.29) is 17.6 Å². The van der Waals surface area contributed by atoms with Gasteiger partial charge in [0.05, 0.1) is 0 Å². The highest BCUT2D eigenvalue weighted by molar-refractivity contribution is 5.39. The van der Waals surface area contributed by atoms with Gasteiger partial charge in [-0.25, -0.2) is 8.78 Å². The van der Waals surface area contributed by atoms with Crippen LogP contribution in [0.25, 0.3) is 0 Å². The molecule has 3 aliphatic rings. The predicted octanol–water partition coefficient (Wildman–Crippen LogP) is 7.19. The maximum absolute atomic E-state index is 15.3. The summed E-state index contributed by atoms with van der Waals surface area (Å²) in [5.74, 6) is 2.63. The highest BCUT2D eigenvalue weighted by atomic mass is 19.1. The molecule has 0 spiro atoms. The third-order valence-electron chi connectivity index (χ3n) is 8.04. The fourth-order valence-corrected chi connectivity index (χ4v) is 6.28. The van der Waals surface area contributed by atoms with Crippen LogP contribution in [0.4, 0.5) is 8.78 Å². The van der Waals surface area contributed by atoms with Crippen LogP contribution in [0.15, 0.2) is 6.07 Å². The van der Waals surface area contributed by atoms with E-state index in [4.69, 9.17) is 0 Å². The topological polar surface area (TPSA) is 0 Å². The quantitative estimate of drug-likeness (QED) is 0.535. The Hall–Kier alpha value is -0.920. The minimum Gasteiger partial charge on any atom is -0.207 e. The Labute approximate surface area is 157 Å². The van der Waals surface area contributed by atoms with Crippen molar-refractivity contribution < 1.29 is 8.78 Å². The van der Waals surface area contributed by atoms with Crippen molar-refractivity contribution in [2.75, 3.05) is 0 Å². The summed E-state index contributed by atoms with van der Waals surface area (Å²) in [6, 6.07) is 1.69. The lowest BCUT2D eigenvalue weighted by Crippen LogP contribution is -2.31. The van der Waals surface area contributed by atoms with Crippen molar-refractivity contribution in [1.82, 2.24) is 0 Å². The van der Waals surface area contributed by atoms with Crippen LogP contribution < -0.4 is 0 Å². The number of halogens is 2. The predicted molar refractivity (Wildman–Crippen MR) is 103 cm³/mol. The van der Waals surface area contributed by atoms with E-state index in [0.717, 1.165) is 61.5 Å². The van der Waals surface area contributed by atoms with E-state index >= 15 is 4.39 Å². The number of hydrogen-bond acceptors (Lipinski definition) is 0. The maximum Gasteiger partial charge on any atom is 0.133 e. The van der Waals surface area contributed by atoms with Crippen LogP contribution in [0.2, 0.25) is 0 Å². The normalized spacial score (nSPS) is 34.2. The molecule has 0 heterocycles. The first kappa shape index (κ1) is 18.4. The van der Waals surface area contributed by atoms with Crippen LogP contribution in [-0.2, 0) is 12.8 Å². The maximum atomic E-state index is 15.3. The molecular formula is C24H34F2. The molecule has 0 aromatic heterocycles. The van der Waals surface area contributed by atoms with E-state index in [0.29, 0.717) is 17.4 Å². The van der Waals surface area contributed by atoms with Gasteiger partial charge >= 0.3 is 0 Å². The van der Waals surface area contributed by atoms with E-state index < -0.39 is 0 Å². The van der Waals surface area contributed by atoms with Crippen molar-refractivity contribution in [3.05, 3.63) is 34.4 Å². The molecule has 1 aromatic carbocycles. The van der Waals surface area contributed by atoms with Crippen molar-refractivity contribution in [2.45, 2.75) is 90.4 Å². The van der Waals surface area contributed by atoms with Gasteiger partial charge in [0.1, 0.15) is 11.6 Å². The van der Waals surface area contributed by atoms with Gasteiger partial charge in [-0.1, -0.05) is 33.1 Å². The molecule has 2 heteroatoms. The van der Waals surface area contributed by atoms with E-state index in [1.165, 1.54) is 32.1 Å². The summed E-state index contributed by atoms with van der Waals surface area (Å²) >= 11 is 0. The molecule has 4 rings (SSSR count). The summed E-state index contributed by atoms with van der Waals surface area (Å²) in [5.41, 5.74) is 2.22. The zero-order chi connectivity index (χ0) is 18.3. The molecule has 0 N–H and O–H groups in total. The van der Waals surface area contributed by atoms with E-state index in [2.05, 4.69) is 13.8 Å². The van der Waals surface area contributed by atoms with Crippen molar-refractivity contribution >= 4 is 0 Å². The average Bonchev–Trinajstić information content (AvgIpc) is 2.67. The van der Waals surface area contributed by atoms with Crippen LogP contribution in [0.3, 0.4) is 0 Å². The Balaban J connectivity index is 1.55. The number of fused-ring (bicyclic) bond motifs is 2. The summed E-state index contributed by atoms with van der Waals surface area (Å²) < 4.78 is 30.3. The van der Waals surface area contributed by atoms with Crippen molar-refractivity contribution in [3.8, 4) is 0 Å². The SMILES string of the molecule is CCC1CCc2c(cc(F)c(C3CCC4CC(CC)CCC4C3)c2F)C1. The summed E-state index contributed by atoms with van der Waals surface area (Å²) in [5, 5.41) is 0. The van der Waals surface area contributed by atoms with Gasteiger partial charge in [0.25, 0.3) is 0 Å². The molecule has 0 amide bonds. The van der Waals surface area contributed by atoms with Crippen molar-refractivity contribution in [3.63, 3.8) is 0 Å². The highest BCUT2D eigenvalue weighted by Crippen LogP contribution is 2.49. The lowest BCUT2D eigenvalue weighted by Gasteiger charge is -2.42. The second kappa shape index (κ2) is 7.60. The molecule has 0 nitrogen and oxygen atoms in total. The summed E-state index contributed by atoms with van der Waals surface area (Å²) in [4.78, 5) is 0. The van der Waals surface area contributed by atoms with Gasteiger partial charge in [0.2, 0.25) is 0 Å². The first-order chi connectivity index (χ1) is 12.6. The Kier molecular flexibility index (Phi) is 5.39. The third-order valence-corrected chi connectivity index (χ3v) is 8.04. The van der Waals surface area contributed by atoms with Gasteiger partial charge in [-0.05, 0) is 98.1 Å². The second-order valence-corrected chi connectivity index (χ2v) is 9.36. The van der Waals surface area contributed by atoms with Gasteiger partial charge in [0, 0.05) is 5.56 Å². The first-order valence-corrected chi connectivity index (χ1v) is 11.1. The minimum absolute atomic E-state index is 0.101.